The minimum atomic E-state index is -0.0790. The predicted molar refractivity (Wildman–Crippen MR) is 80.6 cm³/mol. The van der Waals surface area contributed by atoms with Crippen molar-refractivity contribution in [3.8, 4) is 0 Å². The van der Waals surface area contributed by atoms with Gasteiger partial charge in [-0.2, -0.15) is 0 Å². The van der Waals surface area contributed by atoms with Crippen LogP contribution >= 0.6 is 11.3 Å². The molecule has 0 spiro atoms. The number of rotatable bonds is 6. The average molecular weight is 272 g/mol. The Balaban J connectivity index is 1.90. The molecule has 0 aliphatic rings. The molecule has 2 aromatic rings. The zero-order valence-electron chi connectivity index (χ0n) is 10.6. The summed E-state index contributed by atoms with van der Waals surface area (Å²) in [6.45, 7) is 4.85. The average Bonchev–Trinajstić information content (AvgIpc) is 2.96. The molecule has 0 bridgehead atoms. The van der Waals surface area contributed by atoms with E-state index in [-0.39, 0.29) is 5.91 Å². The second-order valence-electron chi connectivity index (χ2n) is 4.01. The molecule has 98 valence electrons. The van der Waals surface area contributed by atoms with Crippen LogP contribution < -0.4 is 10.6 Å². The highest BCUT2D eigenvalue weighted by molar-refractivity contribution is 7.09. The van der Waals surface area contributed by atoms with Crippen LogP contribution in [0.1, 0.15) is 15.2 Å². The first kappa shape index (κ1) is 13.4. The molecule has 1 heterocycles. The molecule has 4 heteroatoms. The molecule has 0 atom stereocenters. The standard InChI is InChI=1S/C15H16N2OS/c1-2-9-16-15(18)12-5-7-13(8-6-12)17-11-14-4-3-10-19-14/h2-8,10,17H,1,9,11H2,(H,16,18). The number of hydrogen-bond donors (Lipinski definition) is 2. The summed E-state index contributed by atoms with van der Waals surface area (Å²) in [5.74, 6) is -0.0790. The van der Waals surface area contributed by atoms with Gasteiger partial charge >= 0.3 is 0 Å². The number of benzene rings is 1. The predicted octanol–water partition coefficient (Wildman–Crippen LogP) is 3.28. The lowest BCUT2D eigenvalue weighted by molar-refractivity contribution is 0.0958. The van der Waals surface area contributed by atoms with E-state index in [1.807, 2.05) is 30.3 Å². The molecular weight excluding hydrogens is 256 g/mol. The Kier molecular flexibility index (Phi) is 4.75. The smallest absolute Gasteiger partial charge is 0.251 e. The summed E-state index contributed by atoms with van der Waals surface area (Å²) in [5, 5.41) is 8.13. The number of amides is 1. The van der Waals surface area contributed by atoms with Crippen molar-refractivity contribution in [2.24, 2.45) is 0 Å². The first-order valence-corrected chi connectivity index (χ1v) is 6.93. The highest BCUT2D eigenvalue weighted by Gasteiger charge is 2.03. The van der Waals surface area contributed by atoms with Crippen molar-refractivity contribution in [3.05, 3.63) is 64.9 Å². The molecule has 0 saturated heterocycles. The number of nitrogens with one attached hydrogen (secondary N) is 2. The van der Waals surface area contributed by atoms with Crippen molar-refractivity contribution in [2.45, 2.75) is 6.54 Å². The fourth-order valence-electron chi connectivity index (χ4n) is 1.61. The fourth-order valence-corrected chi connectivity index (χ4v) is 2.25. The second kappa shape index (κ2) is 6.75. The SMILES string of the molecule is C=CCNC(=O)c1ccc(NCc2cccs2)cc1. The van der Waals surface area contributed by atoms with Crippen molar-refractivity contribution in [1.29, 1.82) is 0 Å². The summed E-state index contributed by atoms with van der Waals surface area (Å²) >= 11 is 1.72. The van der Waals surface area contributed by atoms with Crippen LogP contribution in [0.3, 0.4) is 0 Å². The monoisotopic (exact) mass is 272 g/mol. The number of hydrogen-bond acceptors (Lipinski definition) is 3. The van der Waals surface area contributed by atoms with Crippen LogP contribution in [0.15, 0.2) is 54.4 Å². The van der Waals surface area contributed by atoms with Gasteiger partial charge in [0.2, 0.25) is 0 Å². The van der Waals surface area contributed by atoms with Gasteiger partial charge in [0.05, 0.1) is 0 Å². The molecule has 19 heavy (non-hydrogen) atoms. The second-order valence-corrected chi connectivity index (χ2v) is 5.04. The van der Waals surface area contributed by atoms with Crippen LogP contribution in [0.2, 0.25) is 0 Å². The highest BCUT2D eigenvalue weighted by Crippen LogP contribution is 2.14. The van der Waals surface area contributed by atoms with E-state index < -0.39 is 0 Å². The van der Waals surface area contributed by atoms with E-state index >= 15 is 0 Å². The Bertz CT molecular complexity index is 532. The van der Waals surface area contributed by atoms with E-state index in [1.54, 1.807) is 17.4 Å². The molecule has 2 rings (SSSR count). The van der Waals surface area contributed by atoms with Crippen LogP contribution in [-0.4, -0.2) is 12.5 Å². The molecule has 2 N–H and O–H groups in total. The van der Waals surface area contributed by atoms with E-state index in [0.29, 0.717) is 12.1 Å². The molecule has 0 radical (unpaired) electrons. The normalized spacial score (nSPS) is 9.89. The molecule has 0 saturated carbocycles. The summed E-state index contributed by atoms with van der Waals surface area (Å²) < 4.78 is 0. The zero-order chi connectivity index (χ0) is 13.5. The quantitative estimate of drug-likeness (QED) is 0.792. The number of thiophene rings is 1. The maximum atomic E-state index is 11.7. The van der Waals surface area contributed by atoms with E-state index in [9.17, 15) is 4.79 Å². The number of anilines is 1. The Morgan fingerprint density at radius 2 is 2.05 bits per heavy atom. The van der Waals surface area contributed by atoms with E-state index in [4.69, 9.17) is 0 Å². The first-order valence-electron chi connectivity index (χ1n) is 6.05. The van der Waals surface area contributed by atoms with Gasteiger partial charge in [0, 0.05) is 29.2 Å². The maximum Gasteiger partial charge on any atom is 0.251 e. The minimum Gasteiger partial charge on any atom is -0.380 e. The summed E-state index contributed by atoms with van der Waals surface area (Å²) in [4.78, 5) is 13.0. The minimum absolute atomic E-state index is 0.0790. The van der Waals surface area contributed by atoms with Crippen LogP contribution in [0.5, 0.6) is 0 Å². The molecule has 0 aliphatic heterocycles. The van der Waals surface area contributed by atoms with Crippen molar-refractivity contribution >= 4 is 22.9 Å². The van der Waals surface area contributed by atoms with Crippen molar-refractivity contribution < 1.29 is 4.79 Å². The van der Waals surface area contributed by atoms with Crippen LogP contribution in [0.25, 0.3) is 0 Å². The van der Waals surface area contributed by atoms with Gasteiger partial charge in [-0.25, -0.2) is 0 Å². The van der Waals surface area contributed by atoms with Crippen LogP contribution in [-0.2, 0) is 6.54 Å². The van der Waals surface area contributed by atoms with Gasteiger partial charge in [-0.3, -0.25) is 4.79 Å². The van der Waals surface area contributed by atoms with Gasteiger partial charge in [0.15, 0.2) is 0 Å². The molecule has 0 unspecified atom stereocenters. The third-order valence-electron chi connectivity index (χ3n) is 2.60. The van der Waals surface area contributed by atoms with E-state index in [0.717, 1.165) is 12.2 Å². The summed E-state index contributed by atoms with van der Waals surface area (Å²) in [6, 6.07) is 11.6. The largest absolute Gasteiger partial charge is 0.380 e. The van der Waals surface area contributed by atoms with Crippen LogP contribution in [0, 0.1) is 0 Å². The lowest BCUT2D eigenvalue weighted by atomic mass is 10.2. The Morgan fingerprint density at radius 1 is 1.26 bits per heavy atom. The highest BCUT2D eigenvalue weighted by atomic mass is 32.1. The molecular formula is C15H16N2OS. The Morgan fingerprint density at radius 3 is 2.68 bits per heavy atom. The third-order valence-corrected chi connectivity index (χ3v) is 3.48. The van der Waals surface area contributed by atoms with Gasteiger partial charge in [-0.1, -0.05) is 12.1 Å². The van der Waals surface area contributed by atoms with Crippen molar-refractivity contribution in [1.82, 2.24) is 5.32 Å². The molecule has 0 fully saturated rings. The van der Waals surface area contributed by atoms with E-state index in [1.165, 1.54) is 4.88 Å². The lowest BCUT2D eigenvalue weighted by Crippen LogP contribution is -2.23. The number of carbonyl (C=O) groups is 1. The topological polar surface area (TPSA) is 41.1 Å². The molecule has 0 aliphatic carbocycles. The van der Waals surface area contributed by atoms with Gasteiger partial charge in [0.1, 0.15) is 0 Å². The molecule has 3 nitrogen and oxygen atoms in total. The van der Waals surface area contributed by atoms with Crippen molar-refractivity contribution in [2.75, 3.05) is 11.9 Å². The maximum absolute atomic E-state index is 11.7. The summed E-state index contributed by atoms with van der Waals surface area (Å²) in [6.07, 6.45) is 1.66. The van der Waals surface area contributed by atoms with Crippen molar-refractivity contribution in [3.63, 3.8) is 0 Å². The zero-order valence-corrected chi connectivity index (χ0v) is 11.4. The van der Waals surface area contributed by atoms with Gasteiger partial charge < -0.3 is 10.6 Å². The van der Waals surface area contributed by atoms with Gasteiger partial charge in [-0.15, -0.1) is 17.9 Å². The fraction of sp³-hybridized carbons (Fsp3) is 0.133. The Labute approximate surface area is 117 Å². The Hall–Kier alpha value is -2.07. The summed E-state index contributed by atoms with van der Waals surface area (Å²) in [7, 11) is 0. The van der Waals surface area contributed by atoms with Crippen LogP contribution in [0.4, 0.5) is 5.69 Å². The summed E-state index contributed by atoms with van der Waals surface area (Å²) in [5.41, 5.74) is 1.66. The van der Waals surface area contributed by atoms with Gasteiger partial charge in [0.25, 0.3) is 5.91 Å². The third kappa shape index (κ3) is 3.96. The molecule has 1 aromatic carbocycles. The first-order chi connectivity index (χ1) is 9.29. The molecule has 1 aromatic heterocycles. The van der Waals surface area contributed by atoms with Gasteiger partial charge in [-0.05, 0) is 35.7 Å². The van der Waals surface area contributed by atoms with E-state index in [2.05, 4.69) is 28.7 Å². The lowest BCUT2D eigenvalue weighted by Gasteiger charge is -2.06. The molecule has 1 amide bonds. The number of carbonyl (C=O) groups excluding carboxylic acids is 1.